The highest BCUT2D eigenvalue weighted by Gasteiger charge is 2.16. The summed E-state index contributed by atoms with van der Waals surface area (Å²) >= 11 is 13.0. The first-order valence-corrected chi connectivity index (χ1v) is 12.2. The number of carbonyl (C=O) groups is 1. The second-order valence-corrected chi connectivity index (χ2v) is 9.63. The van der Waals surface area contributed by atoms with Gasteiger partial charge in [0.25, 0.3) is 0 Å². The average Bonchev–Trinajstić information content (AvgIpc) is 3.46. The standard InChI is InChI=1S/C26H18Cl2N4O2S/c27-19-9-5-16(6-10-19)14-32-15-18(21-3-1-2-4-22(21)32)13-23(25(33)34)35-26-29-24(30-31-26)17-7-11-20(28)12-8-17/h1-13,15H,14H2,(H,33,34)(H,29,30,31)/b23-13-. The molecule has 5 rings (SSSR count). The van der Waals surface area contributed by atoms with Crippen LogP contribution in [0.4, 0.5) is 0 Å². The molecule has 0 spiro atoms. The third-order valence-corrected chi connectivity index (χ3v) is 6.75. The van der Waals surface area contributed by atoms with Gasteiger partial charge in [-0.25, -0.2) is 9.78 Å². The Hall–Kier alpha value is -3.52. The highest BCUT2D eigenvalue weighted by molar-refractivity contribution is 8.04. The van der Waals surface area contributed by atoms with Gasteiger partial charge in [-0.05, 0) is 65.9 Å². The van der Waals surface area contributed by atoms with E-state index in [9.17, 15) is 9.90 Å². The van der Waals surface area contributed by atoms with Crippen LogP contribution in [0.25, 0.3) is 28.4 Å². The number of thioether (sulfide) groups is 1. The first-order valence-electron chi connectivity index (χ1n) is 10.6. The zero-order valence-electron chi connectivity index (χ0n) is 18.2. The van der Waals surface area contributed by atoms with E-state index >= 15 is 0 Å². The van der Waals surface area contributed by atoms with E-state index in [-0.39, 0.29) is 4.91 Å². The fraction of sp³-hybridized carbons (Fsp3) is 0.0385. The number of aromatic nitrogens is 4. The predicted molar refractivity (Wildman–Crippen MR) is 141 cm³/mol. The molecule has 2 N–H and O–H groups in total. The zero-order chi connectivity index (χ0) is 24.4. The highest BCUT2D eigenvalue weighted by Crippen LogP contribution is 2.31. The van der Waals surface area contributed by atoms with E-state index in [1.165, 1.54) is 0 Å². The number of nitrogens with one attached hydrogen (secondary N) is 1. The molecular formula is C26H18Cl2N4O2S. The number of carboxylic acid groups (broad SMARTS) is 1. The Bertz CT molecular complexity index is 1540. The minimum Gasteiger partial charge on any atom is -0.477 e. The molecule has 0 radical (unpaired) electrons. The van der Waals surface area contributed by atoms with Crippen molar-refractivity contribution in [1.82, 2.24) is 19.7 Å². The topological polar surface area (TPSA) is 83.8 Å². The van der Waals surface area contributed by atoms with E-state index in [0.717, 1.165) is 39.4 Å². The van der Waals surface area contributed by atoms with Crippen LogP contribution < -0.4 is 0 Å². The Morgan fingerprint density at radius 2 is 1.69 bits per heavy atom. The number of rotatable bonds is 7. The van der Waals surface area contributed by atoms with Gasteiger partial charge in [-0.15, -0.1) is 5.10 Å². The molecule has 2 aromatic heterocycles. The van der Waals surface area contributed by atoms with Crippen LogP contribution in [-0.2, 0) is 11.3 Å². The molecule has 0 fully saturated rings. The molecule has 0 unspecified atom stereocenters. The second-order valence-electron chi connectivity index (χ2n) is 7.75. The Morgan fingerprint density at radius 3 is 2.40 bits per heavy atom. The Balaban J connectivity index is 1.46. The van der Waals surface area contributed by atoms with Gasteiger partial charge in [0, 0.05) is 44.8 Å². The highest BCUT2D eigenvalue weighted by atomic mass is 35.5. The van der Waals surface area contributed by atoms with Gasteiger partial charge in [-0.1, -0.05) is 53.5 Å². The predicted octanol–water partition coefficient (Wildman–Crippen LogP) is 7.00. The summed E-state index contributed by atoms with van der Waals surface area (Å²) < 4.78 is 2.10. The number of aliphatic carboxylic acids is 1. The number of hydrogen-bond donors (Lipinski definition) is 2. The molecule has 0 aliphatic rings. The Morgan fingerprint density at radius 1 is 1.00 bits per heavy atom. The average molecular weight is 521 g/mol. The maximum Gasteiger partial charge on any atom is 0.342 e. The van der Waals surface area contributed by atoms with Crippen LogP contribution in [0.3, 0.4) is 0 Å². The van der Waals surface area contributed by atoms with Gasteiger partial charge in [0.05, 0.1) is 0 Å². The summed E-state index contributed by atoms with van der Waals surface area (Å²) in [5.74, 6) is -0.518. The number of carboxylic acids is 1. The fourth-order valence-corrected chi connectivity index (χ4v) is 4.66. The van der Waals surface area contributed by atoms with Gasteiger partial charge in [-0.3, -0.25) is 5.10 Å². The molecule has 6 nitrogen and oxygen atoms in total. The molecule has 9 heteroatoms. The first kappa shape index (κ1) is 23.2. The number of fused-ring (bicyclic) bond motifs is 1. The maximum atomic E-state index is 12.1. The molecule has 0 aliphatic carbocycles. The van der Waals surface area contributed by atoms with Crippen molar-refractivity contribution in [1.29, 1.82) is 0 Å². The van der Waals surface area contributed by atoms with Crippen molar-refractivity contribution in [3.8, 4) is 11.4 Å². The SMILES string of the molecule is O=C(O)/C(=C/c1cn(Cc2ccc(Cl)cc2)c2ccccc12)Sc1n[nH]c(-c2ccc(Cl)cc2)n1. The molecule has 0 aliphatic heterocycles. The van der Waals surface area contributed by atoms with Crippen LogP contribution >= 0.6 is 35.0 Å². The van der Waals surface area contributed by atoms with Gasteiger partial charge in [0.2, 0.25) is 5.16 Å². The number of aromatic amines is 1. The zero-order valence-corrected chi connectivity index (χ0v) is 20.5. The molecule has 0 saturated carbocycles. The summed E-state index contributed by atoms with van der Waals surface area (Å²) in [6, 6.07) is 22.7. The van der Waals surface area contributed by atoms with Gasteiger partial charge in [0.15, 0.2) is 5.82 Å². The molecule has 0 bridgehead atoms. The van der Waals surface area contributed by atoms with Gasteiger partial charge in [0.1, 0.15) is 4.91 Å². The minimum atomic E-state index is -1.05. The molecule has 5 aromatic rings. The quantitative estimate of drug-likeness (QED) is 0.178. The third-order valence-electron chi connectivity index (χ3n) is 5.37. The van der Waals surface area contributed by atoms with Crippen molar-refractivity contribution >= 4 is 57.9 Å². The molecule has 35 heavy (non-hydrogen) atoms. The number of H-pyrrole nitrogens is 1. The lowest BCUT2D eigenvalue weighted by atomic mass is 10.1. The van der Waals surface area contributed by atoms with E-state index in [1.54, 1.807) is 18.2 Å². The van der Waals surface area contributed by atoms with Gasteiger partial charge >= 0.3 is 5.97 Å². The number of hydrogen-bond acceptors (Lipinski definition) is 4. The summed E-state index contributed by atoms with van der Waals surface area (Å²) in [6.07, 6.45) is 3.62. The number of nitrogens with zero attached hydrogens (tertiary/aromatic N) is 3. The van der Waals surface area contributed by atoms with Crippen LogP contribution in [0.2, 0.25) is 10.0 Å². The lowest BCUT2D eigenvalue weighted by Crippen LogP contribution is -1.98. The summed E-state index contributed by atoms with van der Waals surface area (Å²) in [6.45, 7) is 0.631. The minimum absolute atomic E-state index is 0.112. The molecule has 0 saturated heterocycles. The van der Waals surface area contributed by atoms with E-state index in [4.69, 9.17) is 23.2 Å². The van der Waals surface area contributed by atoms with Crippen LogP contribution in [0.5, 0.6) is 0 Å². The van der Waals surface area contributed by atoms with Gasteiger partial charge in [-0.2, -0.15) is 0 Å². The molecule has 0 atom stereocenters. The van der Waals surface area contributed by atoms with Crippen molar-refractivity contribution in [3.05, 3.63) is 105 Å². The normalized spacial score (nSPS) is 11.8. The Kier molecular flexibility index (Phi) is 6.63. The first-order chi connectivity index (χ1) is 17.0. The van der Waals surface area contributed by atoms with Crippen molar-refractivity contribution < 1.29 is 9.90 Å². The fourth-order valence-electron chi connectivity index (χ4n) is 3.71. The largest absolute Gasteiger partial charge is 0.477 e. The van der Waals surface area contributed by atoms with Crippen molar-refractivity contribution in [3.63, 3.8) is 0 Å². The van der Waals surface area contributed by atoms with E-state index < -0.39 is 5.97 Å². The number of halogens is 2. The van der Waals surface area contributed by atoms with Crippen molar-refractivity contribution in [2.24, 2.45) is 0 Å². The molecule has 174 valence electrons. The summed E-state index contributed by atoms with van der Waals surface area (Å²) in [4.78, 5) is 16.6. The Labute approximate surface area is 215 Å². The summed E-state index contributed by atoms with van der Waals surface area (Å²) in [5, 5.41) is 19.5. The molecular weight excluding hydrogens is 503 g/mol. The number of benzene rings is 3. The van der Waals surface area contributed by atoms with Gasteiger partial charge < -0.3 is 9.67 Å². The molecule has 0 amide bonds. The summed E-state index contributed by atoms with van der Waals surface area (Å²) in [7, 11) is 0. The van der Waals surface area contributed by atoms with Crippen LogP contribution in [0, 0.1) is 0 Å². The molecule has 3 aromatic carbocycles. The lowest BCUT2D eigenvalue weighted by molar-refractivity contribution is -0.131. The van der Waals surface area contributed by atoms with Crippen molar-refractivity contribution in [2.45, 2.75) is 11.7 Å². The lowest BCUT2D eigenvalue weighted by Gasteiger charge is -2.05. The van der Waals surface area contributed by atoms with Crippen molar-refractivity contribution in [2.75, 3.05) is 0 Å². The van der Waals surface area contributed by atoms with Crippen LogP contribution in [-0.4, -0.2) is 30.8 Å². The monoisotopic (exact) mass is 520 g/mol. The number of para-hydroxylation sites is 1. The summed E-state index contributed by atoms with van der Waals surface area (Å²) in [5.41, 5.74) is 3.70. The van der Waals surface area contributed by atoms with Crippen LogP contribution in [0.1, 0.15) is 11.1 Å². The third kappa shape index (κ3) is 5.27. The van der Waals surface area contributed by atoms with E-state index in [2.05, 4.69) is 19.7 Å². The van der Waals surface area contributed by atoms with Crippen LogP contribution in [0.15, 0.2) is 89.1 Å². The maximum absolute atomic E-state index is 12.1. The van der Waals surface area contributed by atoms with E-state index in [0.29, 0.717) is 27.6 Å². The molecule has 2 heterocycles. The second kappa shape index (κ2) is 10.00. The smallest absolute Gasteiger partial charge is 0.342 e. The van der Waals surface area contributed by atoms with E-state index in [1.807, 2.05) is 66.9 Å².